The van der Waals surface area contributed by atoms with Crippen molar-refractivity contribution in [2.75, 3.05) is 6.61 Å². The maximum absolute atomic E-state index is 11.8. The third kappa shape index (κ3) is 5.71. The zero-order valence-corrected chi connectivity index (χ0v) is 15.7. The summed E-state index contributed by atoms with van der Waals surface area (Å²) >= 11 is 0. The molecule has 0 aromatic heterocycles. The van der Waals surface area contributed by atoms with Gasteiger partial charge in [-0.05, 0) is 25.0 Å². The predicted molar refractivity (Wildman–Crippen MR) is 101 cm³/mol. The van der Waals surface area contributed by atoms with Gasteiger partial charge < -0.3 is 23.7 Å². The third-order valence-corrected chi connectivity index (χ3v) is 4.43. The number of rotatable bonds is 8. The molecule has 27 heavy (non-hydrogen) atoms. The van der Waals surface area contributed by atoms with E-state index in [1.54, 1.807) is 0 Å². The lowest BCUT2D eigenvalue weighted by molar-refractivity contribution is -0.325. The number of hydrogen-bond donors (Lipinski definition) is 0. The Kier molecular flexibility index (Phi) is 6.74. The Hall–Kier alpha value is -2.05. The third-order valence-electron chi connectivity index (χ3n) is 4.43. The van der Waals surface area contributed by atoms with Crippen LogP contribution in [0.15, 0.2) is 60.7 Å². The zero-order valence-electron chi connectivity index (χ0n) is 15.7. The number of carbonyl (C=O) groups excluding carboxylic acids is 1. The second kappa shape index (κ2) is 9.24. The van der Waals surface area contributed by atoms with Gasteiger partial charge in [0.1, 0.15) is 18.3 Å². The van der Waals surface area contributed by atoms with Crippen LogP contribution in [0.3, 0.4) is 0 Å². The van der Waals surface area contributed by atoms with Gasteiger partial charge in [-0.1, -0.05) is 60.7 Å². The predicted octanol–water partition coefficient (Wildman–Crippen LogP) is 3.51. The quantitative estimate of drug-likeness (QED) is 0.666. The average molecular weight is 370 g/mol. The Labute approximate surface area is 160 Å². The number of aldehydes is 1. The Morgan fingerprint density at radius 3 is 2.22 bits per heavy atom. The molecule has 0 bridgehead atoms. The lowest BCUT2D eigenvalue weighted by Crippen LogP contribution is -2.55. The monoisotopic (exact) mass is 370 g/mol. The van der Waals surface area contributed by atoms with Crippen molar-refractivity contribution in [1.29, 1.82) is 0 Å². The van der Waals surface area contributed by atoms with Gasteiger partial charge in [0.2, 0.25) is 0 Å². The van der Waals surface area contributed by atoms with Gasteiger partial charge in [0.15, 0.2) is 12.1 Å². The largest absolute Gasteiger partial charge is 0.368 e. The standard InChI is InChI=1S/C22H26O5/c1-22(2)26-16-20(25-15-18-11-7-4-8-12-18)21(27-22)19(13-23)24-14-17-9-5-3-6-10-17/h3-13,19-21H,14-16H2,1-2H3/t19-,20+,21-/m0/s1. The topological polar surface area (TPSA) is 54.0 Å². The second-order valence-corrected chi connectivity index (χ2v) is 7.03. The van der Waals surface area contributed by atoms with Crippen LogP contribution in [0.5, 0.6) is 0 Å². The van der Waals surface area contributed by atoms with E-state index in [0.29, 0.717) is 19.8 Å². The smallest absolute Gasteiger partial charge is 0.163 e. The van der Waals surface area contributed by atoms with Crippen LogP contribution in [0, 0.1) is 0 Å². The molecule has 0 radical (unpaired) electrons. The molecule has 144 valence electrons. The molecule has 1 fully saturated rings. The fraction of sp³-hybridized carbons (Fsp3) is 0.409. The minimum absolute atomic E-state index is 0.330. The van der Waals surface area contributed by atoms with Crippen LogP contribution < -0.4 is 0 Å². The summed E-state index contributed by atoms with van der Waals surface area (Å²) in [7, 11) is 0. The van der Waals surface area contributed by atoms with E-state index in [0.717, 1.165) is 17.4 Å². The highest BCUT2D eigenvalue weighted by atomic mass is 16.7. The first-order valence-electron chi connectivity index (χ1n) is 9.15. The zero-order chi connectivity index (χ0) is 19.1. The lowest BCUT2D eigenvalue weighted by atomic mass is 10.1. The van der Waals surface area contributed by atoms with Crippen LogP contribution in [-0.4, -0.2) is 37.0 Å². The Balaban J connectivity index is 1.66. The van der Waals surface area contributed by atoms with E-state index in [-0.39, 0.29) is 0 Å². The van der Waals surface area contributed by atoms with Gasteiger partial charge in [-0.3, -0.25) is 0 Å². The molecule has 3 rings (SSSR count). The molecule has 0 unspecified atom stereocenters. The van der Waals surface area contributed by atoms with Crippen molar-refractivity contribution in [3.63, 3.8) is 0 Å². The maximum Gasteiger partial charge on any atom is 0.163 e. The molecule has 1 saturated heterocycles. The summed E-state index contributed by atoms with van der Waals surface area (Å²) in [4.78, 5) is 11.8. The molecule has 0 N–H and O–H groups in total. The Morgan fingerprint density at radius 1 is 1.04 bits per heavy atom. The molecule has 0 amide bonds. The maximum atomic E-state index is 11.8. The number of ether oxygens (including phenoxy) is 4. The summed E-state index contributed by atoms with van der Waals surface area (Å²) in [5.41, 5.74) is 2.05. The Bertz CT molecular complexity index is 701. The van der Waals surface area contributed by atoms with Gasteiger partial charge >= 0.3 is 0 Å². The van der Waals surface area contributed by atoms with E-state index in [9.17, 15) is 4.79 Å². The van der Waals surface area contributed by atoms with Crippen LogP contribution in [0.1, 0.15) is 25.0 Å². The fourth-order valence-corrected chi connectivity index (χ4v) is 2.99. The van der Waals surface area contributed by atoms with Crippen molar-refractivity contribution in [1.82, 2.24) is 0 Å². The molecular weight excluding hydrogens is 344 g/mol. The van der Waals surface area contributed by atoms with Gasteiger partial charge in [0.05, 0.1) is 19.8 Å². The highest BCUT2D eigenvalue weighted by Gasteiger charge is 2.42. The van der Waals surface area contributed by atoms with Crippen LogP contribution in [0.25, 0.3) is 0 Å². The SMILES string of the molecule is CC1(C)OC[C@@H](OCc2ccccc2)[C@H]([C@H](C=O)OCc2ccccc2)O1. The van der Waals surface area contributed by atoms with Gasteiger partial charge in [0, 0.05) is 0 Å². The average Bonchev–Trinajstić information content (AvgIpc) is 2.69. The second-order valence-electron chi connectivity index (χ2n) is 7.03. The molecule has 5 heteroatoms. The van der Waals surface area contributed by atoms with E-state index < -0.39 is 24.1 Å². The first-order valence-corrected chi connectivity index (χ1v) is 9.15. The van der Waals surface area contributed by atoms with Crippen molar-refractivity contribution in [2.45, 2.75) is 51.2 Å². The van der Waals surface area contributed by atoms with Crippen LogP contribution >= 0.6 is 0 Å². The summed E-state index contributed by atoms with van der Waals surface area (Å²) in [5, 5.41) is 0. The first-order chi connectivity index (χ1) is 13.1. The van der Waals surface area contributed by atoms with Crippen molar-refractivity contribution in [2.24, 2.45) is 0 Å². The number of hydrogen-bond acceptors (Lipinski definition) is 5. The highest BCUT2D eigenvalue weighted by Crippen LogP contribution is 2.27. The van der Waals surface area contributed by atoms with E-state index in [1.807, 2.05) is 74.5 Å². The summed E-state index contributed by atoms with van der Waals surface area (Å²) in [6, 6.07) is 19.6. The highest BCUT2D eigenvalue weighted by molar-refractivity contribution is 5.57. The molecule has 5 nitrogen and oxygen atoms in total. The van der Waals surface area contributed by atoms with Crippen LogP contribution in [0.2, 0.25) is 0 Å². The summed E-state index contributed by atoms with van der Waals surface area (Å²) in [6.07, 6.45) is -0.898. The van der Waals surface area contributed by atoms with E-state index in [4.69, 9.17) is 18.9 Å². The number of benzene rings is 2. The minimum atomic E-state index is -0.797. The molecule has 3 atom stereocenters. The van der Waals surface area contributed by atoms with Crippen molar-refractivity contribution in [3.05, 3.63) is 71.8 Å². The van der Waals surface area contributed by atoms with Gasteiger partial charge in [-0.25, -0.2) is 0 Å². The first kappa shape index (κ1) is 19.7. The summed E-state index contributed by atoms with van der Waals surface area (Å²) < 4.78 is 23.6. The van der Waals surface area contributed by atoms with Gasteiger partial charge in [-0.2, -0.15) is 0 Å². The van der Waals surface area contributed by atoms with Gasteiger partial charge in [-0.15, -0.1) is 0 Å². The van der Waals surface area contributed by atoms with E-state index >= 15 is 0 Å². The molecule has 1 heterocycles. The molecule has 1 aliphatic rings. The van der Waals surface area contributed by atoms with Crippen molar-refractivity contribution >= 4 is 6.29 Å². The molecule has 0 saturated carbocycles. The van der Waals surface area contributed by atoms with Crippen molar-refractivity contribution in [3.8, 4) is 0 Å². The van der Waals surface area contributed by atoms with Crippen LogP contribution in [-0.2, 0) is 37.0 Å². The minimum Gasteiger partial charge on any atom is -0.368 e. The normalized spacial score (nSPS) is 22.9. The molecule has 0 aliphatic carbocycles. The molecular formula is C22H26O5. The summed E-state index contributed by atoms with van der Waals surface area (Å²) in [5.74, 6) is -0.797. The molecule has 1 aliphatic heterocycles. The fourth-order valence-electron chi connectivity index (χ4n) is 2.99. The van der Waals surface area contributed by atoms with E-state index in [2.05, 4.69) is 0 Å². The Morgan fingerprint density at radius 2 is 1.63 bits per heavy atom. The number of carbonyl (C=O) groups is 1. The molecule has 2 aromatic rings. The van der Waals surface area contributed by atoms with Crippen molar-refractivity contribution < 1.29 is 23.7 Å². The summed E-state index contributed by atoms with van der Waals surface area (Å²) in [6.45, 7) is 4.73. The lowest BCUT2D eigenvalue weighted by Gasteiger charge is -2.42. The van der Waals surface area contributed by atoms with Crippen LogP contribution in [0.4, 0.5) is 0 Å². The molecule has 0 spiro atoms. The van der Waals surface area contributed by atoms with E-state index in [1.165, 1.54) is 0 Å². The van der Waals surface area contributed by atoms with Gasteiger partial charge in [0.25, 0.3) is 0 Å². The molecule has 2 aromatic carbocycles.